The summed E-state index contributed by atoms with van der Waals surface area (Å²) in [4.78, 5) is 22.9. The van der Waals surface area contributed by atoms with Crippen molar-refractivity contribution in [2.75, 3.05) is 0 Å². The van der Waals surface area contributed by atoms with Crippen molar-refractivity contribution in [3.63, 3.8) is 0 Å². The Morgan fingerprint density at radius 1 is 1.37 bits per heavy atom. The first-order valence-corrected chi connectivity index (χ1v) is 6.72. The summed E-state index contributed by atoms with van der Waals surface area (Å²) >= 11 is 6.07. The summed E-state index contributed by atoms with van der Waals surface area (Å²) in [6.45, 7) is 0. The molecule has 0 unspecified atom stereocenters. The van der Waals surface area contributed by atoms with E-state index < -0.39 is 12.0 Å². The van der Waals surface area contributed by atoms with Gasteiger partial charge in [-0.2, -0.15) is 0 Å². The van der Waals surface area contributed by atoms with E-state index in [0.29, 0.717) is 10.6 Å². The maximum Gasteiger partial charge on any atom is 0.305 e. The maximum atomic E-state index is 12.0. The number of amides is 1. The summed E-state index contributed by atoms with van der Waals surface area (Å²) in [6, 6.07) is 6.43. The van der Waals surface area contributed by atoms with Gasteiger partial charge in [-0.15, -0.1) is 0 Å². The van der Waals surface area contributed by atoms with E-state index in [1.807, 2.05) is 0 Å². The molecule has 0 aromatic heterocycles. The lowest BCUT2D eigenvalue weighted by Gasteiger charge is -2.27. The molecule has 1 amide bonds. The molecule has 0 saturated heterocycles. The molecule has 0 aliphatic heterocycles. The van der Waals surface area contributed by atoms with E-state index in [9.17, 15) is 9.59 Å². The van der Waals surface area contributed by atoms with Gasteiger partial charge in [-0.05, 0) is 24.5 Å². The summed E-state index contributed by atoms with van der Waals surface area (Å²) in [6.07, 6.45) is 2.66. The summed E-state index contributed by atoms with van der Waals surface area (Å²) in [5.74, 6) is -1.00. The van der Waals surface area contributed by atoms with Crippen LogP contribution in [0.4, 0.5) is 0 Å². The van der Waals surface area contributed by atoms with Crippen LogP contribution in [-0.2, 0) is 9.59 Å². The summed E-state index contributed by atoms with van der Waals surface area (Å²) in [5, 5.41) is 12.2. The smallest absolute Gasteiger partial charge is 0.305 e. The molecule has 102 valence electrons. The van der Waals surface area contributed by atoms with Crippen molar-refractivity contribution >= 4 is 23.5 Å². The Hall–Kier alpha value is -1.55. The van der Waals surface area contributed by atoms with Crippen molar-refractivity contribution in [1.82, 2.24) is 5.32 Å². The molecule has 2 rings (SSSR count). The van der Waals surface area contributed by atoms with Crippen molar-refractivity contribution < 1.29 is 14.7 Å². The molecule has 1 atom stereocenters. The van der Waals surface area contributed by atoms with Gasteiger partial charge in [-0.3, -0.25) is 9.59 Å². The van der Waals surface area contributed by atoms with Crippen LogP contribution in [0.2, 0.25) is 5.02 Å². The van der Waals surface area contributed by atoms with Crippen molar-refractivity contribution in [2.24, 2.45) is 5.92 Å². The monoisotopic (exact) mass is 281 g/mol. The first-order valence-electron chi connectivity index (χ1n) is 6.34. The predicted molar refractivity (Wildman–Crippen MR) is 71.9 cm³/mol. The first-order chi connectivity index (χ1) is 9.08. The number of carbonyl (C=O) groups excluding carboxylic acids is 1. The maximum absolute atomic E-state index is 12.0. The van der Waals surface area contributed by atoms with Crippen LogP contribution in [0.3, 0.4) is 0 Å². The standard InChI is InChI=1S/C14H16ClNO3/c15-11-7-2-1-6-10(11)12(8-13(17)18)16-14(19)9-4-3-5-9/h1-2,6-7,9,12H,3-5,8H2,(H,16,19)(H,17,18)/t12-/m1/s1. The Kier molecular flexibility index (Phi) is 4.43. The minimum Gasteiger partial charge on any atom is -0.481 e. The molecule has 1 aromatic rings. The van der Waals surface area contributed by atoms with E-state index in [1.165, 1.54) is 0 Å². The van der Waals surface area contributed by atoms with Crippen molar-refractivity contribution in [1.29, 1.82) is 0 Å². The van der Waals surface area contributed by atoms with Gasteiger partial charge in [0.1, 0.15) is 0 Å². The fourth-order valence-electron chi connectivity index (χ4n) is 2.13. The summed E-state index contributed by atoms with van der Waals surface area (Å²) < 4.78 is 0. The minimum absolute atomic E-state index is 0.0267. The van der Waals surface area contributed by atoms with E-state index in [4.69, 9.17) is 16.7 Å². The number of carbonyl (C=O) groups is 2. The highest BCUT2D eigenvalue weighted by Crippen LogP contribution is 2.29. The van der Waals surface area contributed by atoms with Gasteiger partial charge in [0.15, 0.2) is 0 Å². The number of carboxylic acid groups (broad SMARTS) is 1. The highest BCUT2D eigenvalue weighted by molar-refractivity contribution is 6.31. The number of benzene rings is 1. The number of nitrogens with one attached hydrogen (secondary N) is 1. The highest BCUT2D eigenvalue weighted by atomic mass is 35.5. The molecule has 1 aliphatic carbocycles. The topological polar surface area (TPSA) is 66.4 Å². The summed E-state index contributed by atoms with van der Waals surface area (Å²) in [7, 11) is 0. The molecule has 1 saturated carbocycles. The highest BCUT2D eigenvalue weighted by Gasteiger charge is 2.28. The van der Waals surface area contributed by atoms with Crippen LogP contribution in [0.15, 0.2) is 24.3 Å². The van der Waals surface area contributed by atoms with Gasteiger partial charge in [-0.1, -0.05) is 36.2 Å². The molecule has 0 heterocycles. The third-order valence-electron chi connectivity index (χ3n) is 3.45. The fourth-order valence-corrected chi connectivity index (χ4v) is 2.40. The van der Waals surface area contributed by atoms with Gasteiger partial charge in [0.25, 0.3) is 0 Å². The molecule has 0 bridgehead atoms. The molecule has 4 nitrogen and oxygen atoms in total. The number of hydrogen-bond donors (Lipinski definition) is 2. The second-order valence-corrected chi connectivity index (χ2v) is 5.22. The number of aliphatic carboxylic acids is 1. The van der Waals surface area contributed by atoms with E-state index in [2.05, 4.69) is 5.32 Å². The Morgan fingerprint density at radius 3 is 2.58 bits per heavy atom. The normalized spacial score (nSPS) is 16.5. The number of halogens is 1. The Morgan fingerprint density at radius 2 is 2.05 bits per heavy atom. The number of rotatable bonds is 5. The van der Waals surface area contributed by atoms with Crippen LogP contribution < -0.4 is 5.32 Å². The lowest BCUT2D eigenvalue weighted by atomic mass is 9.84. The molecule has 1 aromatic carbocycles. The minimum atomic E-state index is -0.959. The zero-order valence-electron chi connectivity index (χ0n) is 10.4. The molecule has 1 fully saturated rings. The lowest BCUT2D eigenvalue weighted by Crippen LogP contribution is -2.37. The quantitative estimate of drug-likeness (QED) is 0.872. The second-order valence-electron chi connectivity index (χ2n) is 4.81. The van der Waals surface area contributed by atoms with Crippen molar-refractivity contribution in [3.8, 4) is 0 Å². The average Bonchev–Trinajstić information content (AvgIpc) is 2.25. The van der Waals surface area contributed by atoms with Gasteiger partial charge in [0.05, 0.1) is 12.5 Å². The molecule has 2 N–H and O–H groups in total. The van der Waals surface area contributed by atoms with Crippen LogP contribution in [0, 0.1) is 5.92 Å². The second kappa shape index (κ2) is 6.06. The fraction of sp³-hybridized carbons (Fsp3) is 0.429. The molecular formula is C14H16ClNO3. The zero-order chi connectivity index (χ0) is 13.8. The SMILES string of the molecule is O=C(O)C[C@@H](NC(=O)C1CCC1)c1ccccc1Cl. The Labute approximate surface area is 116 Å². The van der Waals surface area contributed by atoms with Gasteiger partial charge in [0.2, 0.25) is 5.91 Å². The van der Waals surface area contributed by atoms with E-state index >= 15 is 0 Å². The van der Waals surface area contributed by atoms with E-state index in [0.717, 1.165) is 19.3 Å². The van der Waals surface area contributed by atoms with E-state index in [-0.39, 0.29) is 18.2 Å². The molecular weight excluding hydrogens is 266 g/mol. The molecule has 0 radical (unpaired) electrons. The molecule has 19 heavy (non-hydrogen) atoms. The van der Waals surface area contributed by atoms with Crippen LogP contribution in [0.5, 0.6) is 0 Å². The molecule has 0 spiro atoms. The number of carboxylic acids is 1. The van der Waals surface area contributed by atoms with Gasteiger partial charge < -0.3 is 10.4 Å². The van der Waals surface area contributed by atoms with Gasteiger partial charge >= 0.3 is 5.97 Å². The lowest BCUT2D eigenvalue weighted by molar-refractivity contribution is -0.138. The average molecular weight is 282 g/mol. The Bertz CT molecular complexity index is 485. The van der Waals surface area contributed by atoms with Crippen molar-refractivity contribution in [2.45, 2.75) is 31.7 Å². The summed E-state index contributed by atoms with van der Waals surface area (Å²) in [5.41, 5.74) is 0.652. The number of hydrogen-bond acceptors (Lipinski definition) is 2. The van der Waals surface area contributed by atoms with Crippen molar-refractivity contribution in [3.05, 3.63) is 34.9 Å². The van der Waals surface area contributed by atoms with Crippen LogP contribution >= 0.6 is 11.6 Å². The Balaban J connectivity index is 2.13. The first kappa shape index (κ1) is 13.9. The van der Waals surface area contributed by atoms with E-state index in [1.54, 1.807) is 24.3 Å². The van der Waals surface area contributed by atoms with Crippen LogP contribution in [0.1, 0.15) is 37.3 Å². The third-order valence-corrected chi connectivity index (χ3v) is 3.80. The molecule has 5 heteroatoms. The van der Waals surface area contributed by atoms with Gasteiger partial charge in [0, 0.05) is 10.9 Å². The van der Waals surface area contributed by atoms with Gasteiger partial charge in [-0.25, -0.2) is 0 Å². The third kappa shape index (κ3) is 3.47. The van der Waals surface area contributed by atoms with Crippen LogP contribution in [-0.4, -0.2) is 17.0 Å². The zero-order valence-corrected chi connectivity index (χ0v) is 11.2. The largest absolute Gasteiger partial charge is 0.481 e. The molecule has 1 aliphatic rings. The predicted octanol–water partition coefficient (Wildman–Crippen LogP) is 2.77. The van der Waals surface area contributed by atoms with Crippen LogP contribution in [0.25, 0.3) is 0 Å².